The third kappa shape index (κ3) is 3.48. The summed E-state index contributed by atoms with van der Waals surface area (Å²) in [5.41, 5.74) is 0. The number of nitrogens with one attached hydrogen (secondary N) is 1. The van der Waals surface area contributed by atoms with Gasteiger partial charge in [-0.05, 0) is 18.8 Å². The summed E-state index contributed by atoms with van der Waals surface area (Å²) in [6.45, 7) is 2.22. The molecule has 0 aliphatic heterocycles. The first-order chi connectivity index (χ1) is 8.66. The fraction of sp³-hybridized carbons (Fsp3) is 0.750. The normalized spacial score (nSPS) is 23.9. The Morgan fingerprint density at radius 3 is 3.00 bits per heavy atom. The summed E-state index contributed by atoms with van der Waals surface area (Å²) in [6, 6.07) is 0.353. The Labute approximate surface area is 112 Å². The Kier molecular flexibility index (Phi) is 4.63. The lowest BCUT2D eigenvalue weighted by Crippen LogP contribution is -2.41. The van der Waals surface area contributed by atoms with Crippen molar-refractivity contribution in [2.75, 3.05) is 5.75 Å². The van der Waals surface area contributed by atoms with E-state index in [1.54, 1.807) is 6.33 Å². The third-order valence-corrected chi connectivity index (χ3v) is 4.49. The minimum Gasteiger partial charge on any atom is -0.352 e. The van der Waals surface area contributed by atoms with Gasteiger partial charge in [-0.2, -0.15) is 0 Å². The molecule has 2 atom stereocenters. The zero-order valence-electron chi connectivity index (χ0n) is 10.9. The van der Waals surface area contributed by atoms with Gasteiger partial charge in [-0.15, -0.1) is 10.2 Å². The van der Waals surface area contributed by atoms with Crippen LogP contribution in [0, 0.1) is 5.92 Å². The number of hydrogen-bond donors (Lipinski definition) is 1. The third-order valence-electron chi connectivity index (χ3n) is 3.46. The fourth-order valence-electron chi connectivity index (χ4n) is 2.31. The van der Waals surface area contributed by atoms with Gasteiger partial charge < -0.3 is 9.88 Å². The molecule has 0 spiro atoms. The van der Waals surface area contributed by atoms with Crippen LogP contribution in [-0.4, -0.2) is 32.5 Å². The van der Waals surface area contributed by atoms with E-state index in [1.165, 1.54) is 31.0 Å². The Morgan fingerprint density at radius 2 is 2.33 bits per heavy atom. The number of amides is 1. The Balaban J connectivity index is 1.76. The van der Waals surface area contributed by atoms with Crippen molar-refractivity contribution in [1.82, 2.24) is 20.1 Å². The second-order valence-electron chi connectivity index (χ2n) is 4.95. The van der Waals surface area contributed by atoms with Crippen molar-refractivity contribution < 1.29 is 4.79 Å². The van der Waals surface area contributed by atoms with E-state index in [1.807, 2.05) is 11.6 Å². The molecule has 1 aliphatic carbocycles. The molecule has 6 heteroatoms. The molecule has 1 aliphatic rings. The molecule has 1 heterocycles. The van der Waals surface area contributed by atoms with E-state index >= 15 is 0 Å². The van der Waals surface area contributed by atoms with E-state index in [0.717, 1.165) is 11.6 Å². The molecular formula is C12H20N4OS. The number of hydrogen-bond acceptors (Lipinski definition) is 4. The van der Waals surface area contributed by atoms with E-state index in [-0.39, 0.29) is 5.91 Å². The van der Waals surface area contributed by atoms with Crippen LogP contribution in [0.3, 0.4) is 0 Å². The lowest BCUT2D eigenvalue weighted by atomic mass is 9.86. The maximum Gasteiger partial charge on any atom is 0.230 e. The van der Waals surface area contributed by atoms with Crippen molar-refractivity contribution in [2.45, 2.75) is 43.8 Å². The van der Waals surface area contributed by atoms with Crippen molar-refractivity contribution in [1.29, 1.82) is 0 Å². The van der Waals surface area contributed by atoms with Gasteiger partial charge in [-0.25, -0.2) is 0 Å². The molecule has 5 nitrogen and oxygen atoms in total. The minimum atomic E-state index is 0.0988. The summed E-state index contributed by atoms with van der Waals surface area (Å²) in [6.07, 6.45) is 6.50. The zero-order valence-corrected chi connectivity index (χ0v) is 11.7. The minimum absolute atomic E-state index is 0.0988. The maximum atomic E-state index is 11.9. The predicted octanol–water partition coefficient (Wildman–Crippen LogP) is 1.60. The van der Waals surface area contributed by atoms with Crippen molar-refractivity contribution in [3.63, 3.8) is 0 Å². The first kappa shape index (κ1) is 13.4. The highest BCUT2D eigenvalue weighted by atomic mass is 32.2. The molecule has 1 aromatic heterocycles. The van der Waals surface area contributed by atoms with E-state index < -0.39 is 0 Å². The SMILES string of the molecule is C[C@H]1CCCC[C@@H]1NC(=O)CSc1nncn1C. The molecular weight excluding hydrogens is 248 g/mol. The molecule has 1 aromatic rings. The van der Waals surface area contributed by atoms with E-state index in [0.29, 0.717) is 17.7 Å². The molecule has 0 aromatic carbocycles. The van der Waals surface area contributed by atoms with Crippen molar-refractivity contribution in [3.05, 3.63) is 6.33 Å². The molecule has 18 heavy (non-hydrogen) atoms. The van der Waals surface area contributed by atoms with E-state index in [9.17, 15) is 4.79 Å². The fourth-order valence-corrected chi connectivity index (χ4v) is 3.01. The molecule has 1 N–H and O–H groups in total. The van der Waals surface area contributed by atoms with E-state index in [4.69, 9.17) is 0 Å². The first-order valence-corrected chi connectivity index (χ1v) is 7.41. The highest BCUT2D eigenvalue weighted by Crippen LogP contribution is 2.24. The van der Waals surface area contributed by atoms with Gasteiger partial charge in [-0.3, -0.25) is 4.79 Å². The van der Waals surface area contributed by atoms with Crippen LogP contribution < -0.4 is 5.32 Å². The van der Waals surface area contributed by atoms with Gasteiger partial charge in [0.2, 0.25) is 5.91 Å². The number of carbonyl (C=O) groups excluding carboxylic acids is 1. The summed E-state index contributed by atoms with van der Waals surface area (Å²) >= 11 is 1.43. The highest BCUT2D eigenvalue weighted by Gasteiger charge is 2.22. The van der Waals surface area contributed by atoms with Crippen LogP contribution in [0.5, 0.6) is 0 Å². The molecule has 1 saturated carbocycles. The van der Waals surface area contributed by atoms with Gasteiger partial charge in [0, 0.05) is 13.1 Å². The molecule has 100 valence electrons. The number of carbonyl (C=O) groups is 1. The Bertz CT molecular complexity index is 407. The van der Waals surface area contributed by atoms with Crippen molar-refractivity contribution >= 4 is 17.7 Å². The quantitative estimate of drug-likeness (QED) is 0.843. The Hall–Kier alpha value is -1.04. The predicted molar refractivity (Wildman–Crippen MR) is 71.3 cm³/mol. The van der Waals surface area contributed by atoms with Gasteiger partial charge in [0.1, 0.15) is 6.33 Å². The van der Waals surface area contributed by atoms with Crippen LogP contribution in [-0.2, 0) is 11.8 Å². The van der Waals surface area contributed by atoms with Crippen LogP contribution in [0.4, 0.5) is 0 Å². The molecule has 2 rings (SSSR count). The largest absolute Gasteiger partial charge is 0.352 e. The van der Waals surface area contributed by atoms with Crippen LogP contribution in [0.25, 0.3) is 0 Å². The molecule has 1 amide bonds. The number of rotatable bonds is 4. The molecule has 0 radical (unpaired) electrons. The molecule has 0 saturated heterocycles. The maximum absolute atomic E-state index is 11.9. The van der Waals surface area contributed by atoms with Crippen molar-refractivity contribution in [2.24, 2.45) is 13.0 Å². The van der Waals surface area contributed by atoms with E-state index in [2.05, 4.69) is 22.4 Å². The highest BCUT2D eigenvalue weighted by molar-refractivity contribution is 7.99. The summed E-state index contributed by atoms with van der Waals surface area (Å²) in [5.74, 6) is 1.11. The van der Waals surface area contributed by atoms with Gasteiger partial charge in [-0.1, -0.05) is 31.5 Å². The second-order valence-corrected chi connectivity index (χ2v) is 5.89. The summed E-state index contributed by atoms with van der Waals surface area (Å²) in [5, 5.41) is 11.6. The van der Waals surface area contributed by atoms with Gasteiger partial charge >= 0.3 is 0 Å². The average Bonchev–Trinajstić information content (AvgIpc) is 2.75. The Morgan fingerprint density at radius 1 is 1.56 bits per heavy atom. The van der Waals surface area contributed by atoms with Gasteiger partial charge in [0.05, 0.1) is 5.75 Å². The topological polar surface area (TPSA) is 59.8 Å². The van der Waals surface area contributed by atoms with Gasteiger partial charge in [0.25, 0.3) is 0 Å². The number of nitrogens with zero attached hydrogens (tertiary/aromatic N) is 3. The van der Waals surface area contributed by atoms with Crippen LogP contribution in [0.1, 0.15) is 32.6 Å². The number of aryl methyl sites for hydroxylation is 1. The number of aromatic nitrogens is 3. The summed E-state index contributed by atoms with van der Waals surface area (Å²) < 4.78 is 1.82. The molecule has 0 bridgehead atoms. The second kappa shape index (κ2) is 6.22. The van der Waals surface area contributed by atoms with Crippen molar-refractivity contribution in [3.8, 4) is 0 Å². The van der Waals surface area contributed by atoms with Crippen LogP contribution in [0.2, 0.25) is 0 Å². The lowest BCUT2D eigenvalue weighted by Gasteiger charge is -2.29. The zero-order chi connectivity index (χ0) is 13.0. The standard InChI is InChI=1S/C12H20N4OS/c1-9-5-3-4-6-10(9)14-11(17)7-18-12-15-13-8-16(12)2/h8-10H,3-7H2,1-2H3,(H,14,17)/t9-,10-/m0/s1. The molecule has 0 unspecified atom stereocenters. The number of thioether (sulfide) groups is 1. The van der Waals surface area contributed by atoms with Gasteiger partial charge in [0.15, 0.2) is 5.16 Å². The van der Waals surface area contributed by atoms with Crippen LogP contribution in [0.15, 0.2) is 11.5 Å². The average molecular weight is 268 g/mol. The molecule has 1 fully saturated rings. The monoisotopic (exact) mass is 268 g/mol. The summed E-state index contributed by atoms with van der Waals surface area (Å²) in [7, 11) is 1.88. The van der Waals surface area contributed by atoms with Crippen LogP contribution >= 0.6 is 11.8 Å². The first-order valence-electron chi connectivity index (χ1n) is 6.43. The smallest absolute Gasteiger partial charge is 0.230 e. The lowest BCUT2D eigenvalue weighted by molar-refractivity contribution is -0.119. The summed E-state index contributed by atoms with van der Waals surface area (Å²) in [4.78, 5) is 11.9.